The van der Waals surface area contributed by atoms with E-state index in [0.717, 1.165) is 15.7 Å². The van der Waals surface area contributed by atoms with Crippen LogP contribution in [0.15, 0.2) is 39.5 Å². The number of halogens is 1. The Morgan fingerprint density at radius 2 is 2.25 bits per heavy atom. The lowest BCUT2D eigenvalue weighted by molar-refractivity contribution is 0.393. The Labute approximate surface area is 77.5 Å². The molecular weight excluding hydrogens is 220 g/mol. The first kappa shape index (κ1) is 7.49. The highest BCUT2D eigenvalue weighted by Gasteiger charge is 2.00. The van der Waals surface area contributed by atoms with Gasteiger partial charge in [-0.3, -0.25) is 0 Å². The van der Waals surface area contributed by atoms with E-state index in [1.54, 1.807) is 0 Å². The molecule has 0 fully saturated rings. The molecule has 1 aromatic carbocycles. The van der Waals surface area contributed by atoms with Crippen LogP contribution in [0.3, 0.4) is 0 Å². The summed E-state index contributed by atoms with van der Waals surface area (Å²) in [7, 11) is 0. The van der Waals surface area contributed by atoms with Crippen molar-refractivity contribution < 1.29 is 4.52 Å². The molecule has 2 aromatic rings. The van der Waals surface area contributed by atoms with Crippen molar-refractivity contribution in [2.75, 3.05) is 0 Å². The van der Waals surface area contributed by atoms with Crippen molar-refractivity contribution >= 4 is 15.9 Å². The molecule has 0 aliphatic heterocycles. The van der Waals surface area contributed by atoms with Crippen molar-refractivity contribution in [1.29, 1.82) is 0 Å². The number of hydrogen-bond donors (Lipinski definition) is 0. The van der Waals surface area contributed by atoms with E-state index in [9.17, 15) is 0 Å². The molecule has 1 heterocycles. The molecule has 0 saturated heterocycles. The molecule has 4 heteroatoms. The van der Waals surface area contributed by atoms with E-state index in [4.69, 9.17) is 0 Å². The maximum absolute atomic E-state index is 4.63. The van der Waals surface area contributed by atoms with Gasteiger partial charge in [0.15, 0.2) is 6.26 Å². The monoisotopic (exact) mass is 224 g/mol. The number of hydrogen-bond acceptors (Lipinski definition) is 3. The minimum Gasteiger partial charge on any atom is -0.345 e. The SMILES string of the molecule is Brc1cccc(-c2conn2)c1. The molecule has 0 spiro atoms. The zero-order chi connectivity index (χ0) is 8.39. The van der Waals surface area contributed by atoms with Crippen LogP contribution in [-0.2, 0) is 0 Å². The highest BCUT2D eigenvalue weighted by molar-refractivity contribution is 9.10. The molecular formula is C8H5BrN2O. The molecule has 0 N–H and O–H groups in total. The molecule has 0 bridgehead atoms. The van der Waals surface area contributed by atoms with Gasteiger partial charge < -0.3 is 4.52 Å². The fraction of sp³-hybridized carbons (Fsp3) is 0. The molecule has 0 unspecified atom stereocenters. The average Bonchev–Trinajstić information content (AvgIpc) is 2.56. The van der Waals surface area contributed by atoms with Gasteiger partial charge in [-0.05, 0) is 12.1 Å². The Balaban J connectivity index is 2.48. The third-order valence-electron chi connectivity index (χ3n) is 1.48. The number of aromatic nitrogens is 2. The van der Waals surface area contributed by atoms with Gasteiger partial charge in [-0.2, -0.15) is 0 Å². The summed E-state index contributed by atoms with van der Waals surface area (Å²) in [6, 6.07) is 7.80. The molecule has 0 saturated carbocycles. The van der Waals surface area contributed by atoms with Crippen LogP contribution in [0.2, 0.25) is 0 Å². The molecule has 1 aromatic heterocycles. The van der Waals surface area contributed by atoms with Crippen molar-refractivity contribution in [3.8, 4) is 11.3 Å². The summed E-state index contributed by atoms with van der Waals surface area (Å²) >= 11 is 3.37. The van der Waals surface area contributed by atoms with Crippen LogP contribution in [0.4, 0.5) is 0 Å². The van der Waals surface area contributed by atoms with E-state index >= 15 is 0 Å². The van der Waals surface area contributed by atoms with E-state index in [2.05, 4.69) is 30.8 Å². The Hall–Kier alpha value is -1.16. The number of nitrogens with zero attached hydrogens (tertiary/aromatic N) is 2. The third-order valence-corrected chi connectivity index (χ3v) is 1.97. The zero-order valence-corrected chi connectivity index (χ0v) is 7.65. The predicted molar refractivity (Wildman–Crippen MR) is 47.4 cm³/mol. The first-order chi connectivity index (χ1) is 5.86. The summed E-state index contributed by atoms with van der Waals surface area (Å²) in [5.74, 6) is 0. The maximum atomic E-state index is 4.63. The maximum Gasteiger partial charge on any atom is 0.152 e. The van der Waals surface area contributed by atoms with Gasteiger partial charge in [-0.15, -0.1) is 5.10 Å². The van der Waals surface area contributed by atoms with E-state index in [0.29, 0.717) is 0 Å². The second-order valence-electron chi connectivity index (χ2n) is 2.30. The minimum atomic E-state index is 0.747. The van der Waals surface area contributed by atoms with E-state index in [1.165, 1.54) is 6.26 Å². The van der Waals surface area contributed by atoms with Gasteiger partial charge in [-0.25, -0.2) is 0 Å². The van der Waals surface area contributed by atoms with Crippen LogP contribution in [-0.4, -0.2) is 10.4 Å². The lowest BCUT2D eigenvalue weighted by Crippen LogP contribution is -1.76. The summed E-state index contributed by atoms with van der Waals surface area (Å²) in [5.41, 5.74) is 1.74. The largest absolute Gasteiger partial charge is 0.345 e. The highest BCUT2D eigenvalue weighted by atomic mass is 79.9. The Morgan fingerprint density at radius 1 is 1.33 bits per heavy atom. The normalized spacial score (nSPS) is 10.1. The van der Waals surface area contributed by atoms with Crippen LogP contribution in [0, 0.1) is 0 Å². The van der Waals surface area contributed by atoms with E-state index in [1.807, 2.05) is 24.3 Å². The molecule has 0 atom stereocenters. The first-order valence-electron chi connectivity index (χ1n) is 3.39. The van der Waals surface area contributed by atoms with Gasteiger partial charge in [0, 0.05) is 15.3 Å². The standard InChI is InChI=1S/C8H5BrN2O/c9-7-3-1-2-6(4-7)8-5-12-11-10-8/h1-5H. The minimum absolute atomic E-state index is 0.747. The van der Waals surface area contributed by atoms with E-state index < -0.39 is 0 Å². The summed E-state index contributed by atoms with van der Waals surface area (Å²) in [6.45, 7) is 0. The topological polar surface area (TPSA) is 38.9 Å². The van der Waals surface area contributed by atoms with Gasteiger partial charge in [-0.1, -0.05) is 28.1 Å². The lowest BCUT2D eigenvalue weighted by Gasteiger charge is -1.93. The quantitative estimate of drug-likeness (QED) is 0.748. The average molecular weight is 225 g/mol. The molecule has 2 rings (SSSR count). The van der Waals surface area contributed by atoms with Gasteiger partial charge in [0.05, 0.1) is 0 Å². The summed E-state index contributed by atoms with van der Waals surface area (Å²) in [5, 5.41) is 7.18. The predicted octanol–water partition coefficient (Wildman–Crippen LogP) is 2.50. The van der Waals surface area contributed by atoms with Gasteiger partial charge in [0.1, 0.15) is 5.69 Å². The molecule has 3 nitrogen and oxygen atoms in total. The van der Waals surface area contributed by atoms with Crippen molar-refractivity contribution in [2.24, 2.45) is 0 Å². The van der Waals surface area contributed by atoms with Crippen LogP contribution in [0.1, 0.15) is 0 Å². The molecule has 12 heavy (non-hydrogen) atoms. The number of benzene rings is 1. The van der Waals surface area contributed by atoms with Gasteiger partial charge in [0.2, 0.25) is 0 Å². The van der Waals surface area contributed by atoms with Crippen molar-refractivity contribution in [2.45, 2.75) is 0 Å². The molecule has 60 valence electrons. The van der Waals surface area contributed by atoms with E-state index in [-0.39, 0.29) is 0 Å². The van der Waals surface area contributed by atoms with Gasteiger partial charge >= 0.3 is 0 Å². The smallest absolute Gasteiger partial charge is 0.152 e. The van der Waals surface area contributed by atoms with Crippen LogP contribution in [0.5, 0.6) is 0 Å². The summed E-state index contributed by atoms with van der Waals surface area (Å²) < 4.78 is 5.65. The molecule has 0 aliphatic carbocycles. The first-order valence-corrected chi connectivity index (χ1v) is 4.18. The Morgan fingerprint density at radius 3 is 2.92 bits per heavy atom. The zero-order valence-electron chi connectivity index (χ0n) is 6.07. The second kappa shape index (κ2) is 3.06. The molecule has 0 radical (unpaired) electrons. The fourth-order valence-corrected chi connectivity index (χ4v) is 1.34. The molecule has 0 amide bonds. The number of rotatable bonds is 1. The summed E-state index contributed by atoms with van der Waals surface area (Å²) in [6.07, 6.45) is 1.52. The van der Waals surface area contributed by atoms with Crippen LogP contribution < -0.4 is 0 Å². The summed E-state index contributed by atoms with van der Waals surface area (Å²) in [4.78, 5) is 0. The van der Waals surface area contributed by atoms with Crippen molar-refractivity contribution in [1.82, 2.24) is 10.4 Å². The Kier molecular flexibility index (Phi) is 1.91. The van der Waals surface area contributed by atoms with Crippen molar-refractivity contribution in [3.05, 3.63) is 35.0 Å². The molecule has 0 aliphatic rings. The fourth-order valence-electron chi connectivity index (χ4n) is 0.938. The van der Waals surface area contributed by atoms with Crippen LogP contribution in [0.25, 0.3) is 11.3 Å². The highest BCUT2D eigenvalue weighted by Crippen LogP contribution is 2.20. The second-order valence-corrected chi connectivity index (χ2v) is 3.22. The lowest BCUT2D eigenvalue weighted by atomic mass is 10.2. The van der Waals surface area contributed by atoms with Crippen LogP contribution >= 0.6 is 15.9 Å². The third kappa shape index (κ3) is 1.38. The van der Waals surface area contributed by atoms with Crippen molar-refractivity contribution in [3.63, 3.8) is 0 Å². The van der Waals surface area contributed by atoms with Gasteiger partial charge in [0.25, 0.3) is 0 Å². The Bertz CT molecular complexity index is 372.